The van der Waals surface area contributed by atoms with E-state index in [4.69, 9.17) is 4.74 Å². The van der Waals surface area contributed by atoms with Gasteiger partial charge in [-0.25, -0.2) is 0 Å². The molecule has 0 aliphatic carbocycles. The summed E-state index contributed by atoms with van der Waals surface area (Å²) in [4.78, 5) is 22.8. The molecule has 0 N–H and O–H groups in total. The van der Waals surface area contributed by atoms with Gasteiger partial charge in [0.05, 0.1) is 0 Å². The third kappa shape index (κ3) is 4.05. The molecular formula is C17H16O3. The van der Waals surface area contributed by atoms with Crippen molar-refractivity contribution in [1.29, 1.82) is 0 Å². The molecule has 0 bridgehead atoms. The van der Waals surface area contributed by atoms with E-state index in [0.717, 1.165) is 11.1 Å². The molecule has 0 aromatic heterocycles. The quantitative estimate of drug-likeness (QED) is 0.474. The van der Waals surface area contributed by atoms with Gasteiger partial charge in [0.2, 0.25) is 0 Å². The van der Waals surface area contributed by atoms with Crippen LogP contribution >= 0.6 is 0 Å². The van der Waals surface area contributed by atoms with Crippen LogP contribution in [0, 0.1) is 0 Å². The first-order valence-corrected chi connectivity index (χ1v) is 6.51. The SMILES string of the molecule is CC(=O)Oc1ccc(CCC(=O)c2ccccc2)cc1. The van der Waals surface area contributed by atoms with Gasteiger partial charge in [-0.1, -0.05) is 42.5 Å². The normalized spacial score (nSPS) is 10.1. The largest absolute Gasteiger partial charge is 0.427 e. The maximum absolute atomic E-state index is 12.0. The Morgan fingerprint density at radius 3 is 2.20 bits per heavy atom. The molecule has 0 unspecified atom stereocenters. The van der Waals surface area contributed by atoms with Crippen LogP contribution < -0.4 is 4.74 Å². The van der Waals surface area contributed by atoms with E-state index in [1.54, 1.807) is 12.1 Å². The second-order valence-corrected chi connectivity index (χ2v) is 4.53. The van der Waals surface area contributed by atoms with E-state index in [1.165, 1.54) is 6.92 Å². The summed E-state index contributed by atoms with van der Waals surface area (Å²) in [6.45, 7) is 1.37. The summed E-state index contributed by atoms with van der Waals surface area (Å²) < 4.78 is 4.96. The minimum Gasteiger partial charge on any atom is -0.427 e. The lowest BCUT2D eigenvalue weighted by Crippen LogP contribution is -2.02. The summed E-state index contributed by atoms with van der Waals surface area (Å²) in [6, 6.07) is 16.5. The minimum absolute atomic E-state index is 0.134. The van der Waals surface area contributed by atoms with Crippen molar-refractivity contribution >= 4 is 11.8 Å². The fourth-order valence-corrected chi connectivity index (χ4v) is 1.92. The maximum Gasteiger partial charge on any atom is 0.308 e. The highest BCUT2D eigenvalue weighted by molar-refractivity contribution is 5.96. The molecule has 2 rings (SSSR count). The molecule has 0 aliphatic rings. The predicted octanol–water partition coefficient (Wildman–Crippen LogP) is 3.43. The number of esters is 1. The average Bonchev–Trinajstić information content (AvgIpc) is 2.46. The second kappa shape index (κ2) is 6.66. The molecule has 3 heteroatoms. The van der Waals surface area contributed by atoms with Gasteiger partial charge in [-0.3, -0.25) is 9.59 Å². The zero-order valence-electron chi connectivity index (χ0n) is 11.3. The second-order valence-electron chi connectivity index (χ2n) is 4.53. The summed E-state index contributed by atoms with van der Waals surface area (Å²) in [5.74, 6) is 0.322. The number of Topliss-reactive ketones (excluding diaryl/α,β-unsaturated/α-hetero) is 1. The van der Waals surface area contributed by atoms with E-state index in [1.807, 2.05) is 42.5 Å². The zero-order chi connectivity index (χ0) is 14.4. The predicted molar refractivity (Wildman–Crippen MR) is 76.8 cm³/mol. The first-order valence-electron chi connectivity index (χ1n) is 6.51. The molecule has 2 aromatic rings. The minimum atomic E-state index is -0.336. The van der Waals surface area contributed by atoms with Crippen molar-refractivity contribution in [3.63, 3.8) is 0 Å². The molecule has 0 radical (unpaired) electrons. The maximum atomic E-state index is 12.0. The molecule has 20 heavy (non-hydrogen) atoms. The fourth-order valence-electron chi connectivity index (χ4n) is 1.92. The van der Waals surface area contributed by atoms with Crippen molar-refractivity contribution in [2.24, 2.45) is 0 Å². The van der Waals surface area contributed by atoms with Crippen LogP contribution in [0.4, 0.5) is 0 Å². The highest BCUT2D eigenvalue weighted by atomic mass is 16.5. The molecule has 0 amide bonds. The van der Waals surface area contributed by atoms with Gasteiger partial charge in [0, 0.05) is 18.9 Å². The molecule has 0 atom stereocenters. The van der Waals surface area contributed by atoms with Crippen LogP contribution in [0.3, 0.4) is 0 Å². The molecule has 0 spiro atoms. The number of carbonyl (C=O) groups is 2. The highest BCUT2D eigenvalue weighted by Gasteiger charge is 2.05. The summed E-state index contributed by atoms with van der Waals surface area (Å²) >= 11 is 0. The Morgan fingerprint density at radius 1 is 0.950 bits per heavy atom. The van der Waals surface area contributed by atoms with Crippen molar-refractivity contribution in [3.05, 3.63) is 65.7 Å². The summed E-state index contributed by atoms with van der Waals surface area (Å²) in [6.07, 6.45) is 1.14. The molecule has 0 fully saturated rings. The Balaban J connectivity index is 1.91. The molecule has 0 saturated carbocycles. The topological polar surface area (TPSA) is 43.4 Å². The van der Waals surface area contributed by atoms with Crippen LogP contribution in [0.25, 0.3) is 0 Å². The number of aryl methyl sites for hydroxylation is 1. The lowest BCUT2D eigenvalue weighted by molar-refractivity contribution is -0.131. The molecule has 0 heterocycles. The van der Waals surface area contributed by atoms with Gasteiger partial charge in [0.15, 0.2) is 5.78 Å². The molecular weight excluding hydrogens is 252 g/mol. The summed E-state index contributed by atoms with van der Waals surface area (Å²) in [5, 5.41) is 0. The van der Waals surface area contributed by atoms with E-state index >= 15 is 0 Å². The number of ether oxygens (including phenoxy) is 1. The van der Waals surface area contributed by atoms with Gasteiger partial charge in [-0.2, -0.15) is 0 Å². The molecule has 2 aromatic carbocycles. The van der Waals surface area contributed by atoms with E-state index < -0.39 is 0 Å². The van der Waals surface area contributed by atoms with Crippen molar-refractivity contribution < 1.29 is 14.3 Å². The first-order chi connectivity index (χ1) is 9.65. The van der Waals surface area contributed by atoms with E-state index in [-0.39, 0.29) is 11.8 Å². The van der Waals surface area contributed by atoms with Crippen LogP contribution in [0.5, 0.6) is 5.75 Å². The van der Waals surface area contributed by atoms with Crippen LogP contribution in [0.2, 0.25) is 0 Å². The molecule has 0 aliphatic heterocycles. The number of rotatable bonds is 5. The number of hydrogen-bond donors (Lipinski definition) is 0. The van der Waals surface area contributed by atoms with Crippen LogP contribution in [-0.2, 0) is 11.2 Å². The Labute approximate surface area is 118 Å². The van der Waals surface area contributed by atoms with Crippen molar-refractivity contribution in [3.8, 4) is 5.75 Å². The first kappa shape index (κ1) is 14.0. The number of hydrogen-bond acceptors (Lipinski definition) is 3. The van der Waals surface area contributed by atoms with Gasteiger partial charge in [0.25, 0.3) is 0 Å². The number of ketones is 1. The molecule has 0 saturated heterocycles. The molecule has 3 nitrogen and oxygen atoms in total. The van der Waals surface area contributed by atoms with Crippen LogP contribution in [0.1, 0.15) is 29.3 Å². The monoisotopic (exact) mass is 268 g/mol. The lowest BCUT2D eigenvalue weighted by atomic mass is 10.0. The van der Waals surface area contributed by atoms with Gasteiger partial charge >= 0.3 is 5.97 Å². The average molecular weight is 268 g/mol. The standard InChI is InChI=1S/C17H16O3/c1-13(18)20-16-10-7-14(8-11-16)9-12-17(19)15-5-3-2-4-6-15/h2-8,10-11H,9,12H2,1H3. The highest BCUT2D eigenvalue weighted by Crippen LogP contribution is 2.14. The lowest BCUT2D eigenvalue weighted by Gasteiger charge is -2.04. The molecule has 102 valence electrons. The fraction of sp³-hybridized carbons (Fsp3) is 0.176. The Hall–Kier alpha value is -2.42. The zero-order valence-corrected chi connectivity index (χ0v) is 11.3. The van der Waals surface area contributed by atoms with Crippen molar-refractivity contribution in [1.82, 2.24) is 0 Å². The van der Waals surface area contributed by atoms with Crippen molar-refractivity contribution in [2.75, 3.05) is 0 Å². The third-order valence-electron chi connectivity index (χ3n) is 2.92. The summed E-state index contributed by atoms with van der Waals surface area (Å²) in [5.41, 5.74) is 1.79. The van der Waals surface area contributed by atoms with Crippen molar-refractivity contribution in [2.45, 2.75) is 19.8 Å². The van der Waals surface area contributed by atoms with Gasteiger partial charge in [0.1, 0.15) is 5.75 Å². The number of carbonyl (C=O) groups excluding carboxylic acids is 2. The van der Waals surface area contributed by atoms with Crippen LogP contribution in [0.15, 0.2) is 54.6 Å². The Kier molecular flexibility index (Phi) is 4.66. The van der Waals surface area contributed by atoms with E-state index in [2.05, 4.69) is 0 Å². The van der Waals surface area contributed by atoms with Crippen LogP contribution in [-0.4, -0.2) is 11.8 Å². The Bertz CT molecular complexity index is 585. The third-order valence-corrected chi connectivity index (χ3v) is 2.92. The summed E-state index contributed by atoms with van der Waals surface area (Å²) in [7, 11) is 0. The van der Waals surface area contributed by atoms with Gasteiger partial charge in [-0.15, -0.1) is 0 Å². The van der Waals surface area contributed by atoms with Gasteiger partial charge < -0.3 is 4.74 Å². The number of benzene rings is 2. The van der Waals surface area contributed by atoms with E-state index in [9.17, 15) is 9.59 Å². The van der Waals surface area contributed by atoms with E-state index in [0.29, 0.717) is 18.6 Å². The Morgan fingerprint density at radius 2 is 1.60 bits per heavy atom. The van der Waals surface area contributed by atoms with Gasteiger partial charge in [-0.05, 0) is 24.1 Å². The smallest absolute Gasteiger partial charge is 0.308 e.